The minimum atomic E-state index is -4.72. The first-order valence-corrected chi connectivity index (χ1v) is 7.61. The molecule has 0 saturated heterocycles. The van der Waals surface area contributed by atoms with E-state index in [1.165, 1.54) is 29.2 Å². The third-order valence-corrected chi connectivity index (χ3v) is 3.34. The maximum atomic E-state index is 12.4. The Morgan fingerprint density at radius 3 is 2.08 bits per heavy atom. The number of amides is 1. The molecule has 0 aliphatic carbocycles. The summed E-state index contributed by atoms with van der Waals surface area (Å²) in [4.78, 5) is 13.9. The maximum absolute atomic E-state index is 12.4. The first-order valence-electron chi connectivity index (χ1n) is 7.61. The number of rotatable bonds is 6. The smallest absolute Gasteiger partial charge is 0.494 e. The lowest BCUT2D eigenvalue weighted by Gasteiger charge is -2.18. The van der Waals surface area contributed by atoms with Gasteiger partial charge in [0.25, 0.3) is 5.91 Å². The van der Waals surface area contributed by atoms with Crippen LogP contribution < -0.4 is 9.47 Å². The van der Waals surface area contributed by atoms with E-state index in [9.17, 15) is 18.0 Å². The van der Waals surface area contributed by atoms with Crippen molar-refractivity contribution in [1.29, 1.82) is 0 Å². The number of carbonyl (C=O) groups excluding carboxylic acids is 1. The van der Waals surface area contributed by atoms with E-state index in [2.05, 4.69) is 4.74 Å². The molecule has 0 aliphatic heterocycles. The van der Waals surface area contributed by atoms with E-state index in [1.54, 1.807) is 31.3 Å². The van der Waals surface area contributed by atoms with Crippen LogP contribution >= 0.6 is 0 Å². The van der Waals surface area contributed by atoms with Gasteiger partial charge in [-0.1, -0.05) is 12.1 Å². The second-order valence-electron chi connectivity index (χ2n) is 5.31. The number of hydrogen-bond acceptors (Lipinski definition) is 3. The van der Waals surface area contributed by atoms with Gasteiger partial charge in [0.2, 0.25) is 0 Å². The Kier molecular flexibility index (Phi) is 5.90. The molecule has 0 spiro atoms. The van der Waals surface area contributed by atoms with E-state index in [0.717, 1.165) is 0 Å². The summed E-state index contributed by atoms with van der Waals surface area (Å²) < 4.78 is 45.6. The monoisotopic (exact) mass is 353 g/mol. The Bertz CT molecular complexity index is 697. The van der Waals surface area contributed by atoms with Crippen molar-refractivity contribution in [3.63, 3.8) is 0 Å². The Morgan fingerprint density at radius 2 is 1.56 bits per heavy atom. The quantitative estimate of drug-likeness (QED) is 0.779. The molecule has 0 aromatic heterocycles. The molecule has 0 heterocycles. The van der Waals surface area contributed by atoms with Crippen LogP contribution in [0.4, 0.5) is 13.2 Å². The lowest BCUT2D eigenvalue weighted by atomic mass is 10.1. The van der Waals surface area contributed by atoms with Gasteiger partial charge in [0.05, 0.1) is 6.61 Å². The molecule has 0 fully saturated rings. The van der Waals surface area contributed by atoms with Gasteiger partial charge in [0.15, 0.2) is 0 Å². The van der Waals surface area contributed by atoms with Crippen LogP contribution in [0.1, 0.15) is 22.8 Å². The molecular formula is C18H18F3NO3. The predicted molar refractivity (Wildman–Crippen MR) is 86.5 cm³/mol. The Balaban J connectivity index is 1.98. The average molecular weight is 353 g/mol. The fraction of sp³-hybridized carbons (Fsp3) is 0.278. The zero-order chi connectivity index (χ0) is 18.4. The van der Waals surface area contributed by atoms with Crippen LogP contribution in [-0.4, -0.2) is 30.8 Å². The molecule has 0 N–H and O–H groups in total. The van der Waals surface area contributed by atoms with Crippen molar-refractivity contribution in [3.8, 4) is 11.5 Å². The standard InChI is InChI=1S/C18H18F3NO3/c1-3-24-15-10-6-14(7-11-15)17(23)22(2)12-13-4-8-16(9-5-13)25-18(19,20)21/h4-11H,3,12H2,1-2H3. The predicted octanol–water partition coefficient (Wildman–Crippen LogP) is 4.26. The topological polar surface area (TPSA) is 38.8 Å². The molecule has 0 unspecified atom stereocenters. The van der Waals surface area contributed by atoms with Gasteiger partial charge in [-0.05, 0) is 48.9 Å². The molecule has 4 nitrogen and oxygen atoms in total. The summed E-state index contributed by atoms with van der Waals surface area (Å²) in [7, 11) is 1.62. The molecule has 0 radical (unpaired) electrons. The van der Waals surface area contributed by atoms with E-state index >= 15 is 0 Å². The first kappa shape index (κ1) is 18.6. The van der Waals surface area contributed by atoms with E-state index in [4.69, 9.17) is 4.74 Å². The summed E-state index contributed by atoms with van der Waals surface area (Å²) in [6.45, 7) is 2.68. The Labute approximate surface area is 143 Å². The van der Waals surface area contributed by atoms with Crippen LogP contribution in [0.15, 0.2) is 48.5 Å². The molecule has 1 amide bonds. The van der Waals surface area contributed by atoms with Gasteiger partial charge >= 0.3 is 6.36 Å². The van der Waals surface area contributed by atoms with E-state index in [1.807, 2.05) is 6.92 Å². The van der Waals surface area contributed by atoms with Crippen molar-refractivity contribution in [2.24, 2.45) is 0 Å². The molecular weight excluding hydrogens is 335 g/mol. The van der Waals surface area contributed by atoms with Gasteiger partial charge in [0.1, 0.15) is 11.5 Å². The number of ether oxygens (including phenoxy) is 2. The molecule has 0 bridgehead atoms. The van der Waals surface area contributed by atoms with Gasteiger partial charge in [-0.15, -0.1) is 13.2 Å². The largest absolute Gasteiger partial charge is 0.573 e. The highest BCUT2D eigenvalue weighted by atomic mass is 19.4. The molecule has 2 aromatic rings. The van der Waals surface area contributed by atoms with Gasteiger partial charge in [0, 0.05) is 19.2 Å². The normalized spacial score (nSPS) is 11.1. The number of carbonyl (C=O) groups is 1. The van der Waals surface area contributed by atoms with Crippen LogP contribution in [0.2, 0.25) is 0 Å². The SMILES string of the molecule is CCOc1ccc(C(=O)N(C)Cc2ccc(OC(F)(F)F)cc2)cc1. The number of benzene rings is 2. The molecule has 0 atom stereocenters. The molecule has 134 valence electrons. The summed E-state index contributed by atoms with van der Waals surface area (Å²) >= 11 is 0. The number of halogens is 3. The lowest BCUT2D eigenvalue weighted by molar-refractivity contribution is -0.274. The van der Waals surface area contributed by atoms with Crippen molar-refractivity contribution < 1.29 is 27.4 Å². The molecule has 25 heavy (non-hydrogen) atoms. The summed E-state index contributed by atoms with van der Waals surface area (Å²) in [6, 6.07) is 12.2. The van der Waals surface area contributed by atoms with Crippen molar-refractivity contribution in [2.45, 2.75) is 19.8 Å². The Hall–Kier alpha value is -2.70. The fourth-order valence-corrected chi connectivity index (χ4v) is 2.22. The van der Waals surface area contributed by atoms with Crippen LogP contribution in [0.3, 0.4) is 0 Å². The van der Waals surface area contributed by atoms with Crippen molar-refractivity contribution in [1.82, 2.24) is 4.90 Å². The highest BCUT2D eigenvalue weighted by Crippen LogP contribution is 2.23. The van der Waals surface area contributed by atoms with E-state index in [0.29, 0.717) is 23.5 Å². The molecule has 2 rings (SSSR count). The zero-order valence-electron chi connectivity index (χ0n) is 13.8. The summed E-state index contributed by atoms with van der Waals surface area (Å²) in [5.41, 5.74) is 1.19. The maximum Gasteiger partial charge on any atom is 0.573 e. The van der Waals surface area contributed by atoms with Crippen LogP contribution in [0, 0.1) is 0 Å². The molecule has 7 heteroatoms. The lowest BCUT2D eigenvalue weighted by Crippen LogP contribution is -2.26. The van der Waals surface area contributed by atoms with Crippen molar-refractivity contribution >= 4 is 5.91 Å². The fourth-order valence-electron chi connectivity index (χ4n) is 2.22. The van der Waals surface area contributed by atoms with Crippen LogP contribution in [0.25, 0.3) is 0 Å². The van der Waals surface area contributed by atoms with Gasteiger partial charge in [-0.25, -0.2) is 0 Å². The highest BCUT2D eigenvalue weighted by Gasteiger charge is 2.30. The average Bonchev–Trinajstić information content (AvgIpc) is 2.55. The number of hydrogen-bond donors (Lipinski definition) is 0. The van der Waals surface area contributed by atoms with Crippen LogP contribution in [-0.2, 0) is 6.54 Å². The summed E-state index contributed by atoms with van der Waals surface area (Å²) in [5, 5.41) is 0. The second kappa shape index (κ2) is 7.92. The minimum Gasteiger partial charge on any atom is -0.494 e. The number of alkyl halides is 3. The Morgan fingerprint density at radius 1 is 1.00 bits per heavy atom. The first-order chi connectivity index (χ1) is 11.8. The van der Waals surface area contributed by atoms with E-state index in [-0.39, 0.29) is 18.2 Å². The van der Waals surface area contributed by atoms with Gasteiger partial charge < -0.3 is 14.4 Å². The third kappa shape index (κ3) is 5.70. The summed E-state index contributed by atoms with van der Waals surface area (Å²) in [6.07, 6.45) is -4.72. The third-order valence-electron chi connectivity index (χ3n) is 3.34. The highest BCUT2D eigenvalue weighted by molar-refractivity contribution is 5.94. The van der Waals surface area contributed by atoms with Crippen molar-refractivity contribution in [3.05, 3.63) is 59.7 Å². The second-order valence-corrected chi connectivity index (χ2v) is 5.31. The minimum absolute atomic E-state index is 0.196. The zero-order valence-corrected chi connectivity index (χ0v) is 13.8. The van der Waals surface area contributed by atoms with Gasteiger partial charge in [-0.2, -0.15) is 0 Å². The summed E-state index contributed by atoms with van der Waals surface area (Å²) in [5.74, 6) is 0.192. The van der Waals surface area contributed by atoms with Crippen molar-refractivity contribution in [2.75, 3.05) is 13.7 Å². The molecule has 2 aromatic carbocycles. The van der Waals surface area contributed by atoms with E-state index < -0.39 is 6.36 Å². The number of nitrogens with zero attached hydrogens (tertiary/aromatic N) is 1. The molecule has 0 saturated carbocycles. The molecule has 0 aliphatic rings. The van der Waals surface area contributed by atoms with Gasteiger partial charge in [-0.3, -0.25) is 4.79 Å². The van der Waals surface area contributed by atoms with Crippen LogP contribution in [0.5, 0.6) is 11.5 Å².